The van der Waals surface area contributed by atoms with Crippen molar-refractivity contribution < 1.29 is 8.42 Å². The zero-order valence-corrected chi connectivity index (χ0v) is 9.25. The first-order valence-electron chi connectivity index (χ1n) is 4.13. The molecule has 82 valence electrons. The first-order valence-corrected chi connectivity index (χ1v) is 5.62. The Balaban J connectivity index is 3.14. The van der Waals surface area contributed by atoms with Crippen LogP contribution in [0.2, 0.25) is 0 Å². The summed E-state index contributed by atoms with van der Waals surface area (Å²) in [5.74, 6) is 2.21. The molecule has 0 aliphatic heterocycles. The molecule has 0 saturated heterocycles. The van der Waals surface area contributed by atoms with Gasteiger partial charge in [0.05, 0.1) is 12.4 Å². The van der Waals surface area contributed by atoms with Gasteiger partial charge in [0.25, 0.3) is 10.0 Å². The second kappa shape index (κ2) is 3.92. The van der Waals surface area contributed by atoms with Gasteiger partial charge in [-0.3, -0.25) is 0 Å². The van der Waals surface area contributed by atoms with Crippen molar-refractivity contribution in [3.05, 3.63) is 6.33 Å². The molecular weight excluding hydrogens is 216 g/mol. The quantitative estimate of drug-likeness (QED) is 0.669. The zero-order chi connectivity index (χ0) is 11.6. The molecule has 0 aliphatic rings. The maximum absolute atomic E-state index is 11.8. The standard InChI is InChI=1S/C8H12N4O2S/c1-4-6(2)11-15(13,14)8-7(9)10-5-12(8)3/h1,5-6,11H,9H2,2-3H3. The smallest absolute Gasteiger partial charge is 0.261 e. The fourth-order valence-electron chi connectivity index (χ4n) is 1.09. The van der Waals surface area contributed by atoms with E-state index in [1.807, 2.05) is 0 Å². The number of terminal acetylenes is 1. The molecule has 1 aromatic heterocycles. The average Bonchev–Trinajstić information content (AvgIpc) is 2.45. The van der Waals surface area contributed by atoms with Gasteiger partial charge in [-0.05, 0) is 6.92 Å². The first kappa shape index (κ1) is 11.6. The Labute approximate surface area is 88.5 Å². The van der Waals surface area contributed by atoms with Crippen molar-refractivity contribution in [3.8, 4) is 12.3 Å². The summed E-state index contributed by atoms with van der Waals surface area (Å²) in [6.45, 7) is 1.56. The molecule has 0 aliphatic carbocycles. The number of nitrogens with one attached hydrogen (secondary N) is 1. The molecule has 0 saturated carbocycles. The molecule has 0 amide bonds. The fourth-order valence-corrected chi connectivity index (χ4v) is 2.49. The molecule has 3 N–H and O–H groups in total. The zero-order valence-electron chi connectivity index (χ0n) is 8.43. The van der Waals surface area contributed by atoms with E-state index in [1.165, 1.54) is 10.9 Å². The second-order valence-corrected chi connectivity index (χ2v) is 4.68. The second-order valence-electron chi connectivity index (χ2n) is 3.06. The van der Waals surface area contributed by atoms with Crippen molar-refractivity contribution in [3.63, 3.8) is 0 Å². The molecule has 1 atom stereocenters. The summed E-state index contributed by atoms with van der Waals surface area (Å²) in [6.07, 6.45) is 6.40. The highest BCUT2D eigenvalue weighted by Crippen LogP contribution is 2.15. The molecule has 1 heterocycles. The van der Waals surface area contributed by atoms with Crippen molar-refractivity contribution in [2.45, 2.75) is 18.0 Å². The summed E-state index contributed by atoms with van der Waals surface area (Å²) in [6, 6.07) is -0.593. The summed E-state index contributed by atoms with van der Waals surface area (Å²) in [5.41, 5.74) is 5.44. The van der Waals surface area contributed by atoms with E-state index >= 15 is 0 Å². The SMILES string of the molecule is C#CC(C)NS(=O)(=O)c1c(N)ncn1C. The van der Waals surface area contributed by atoms with Crippen molar-refractivity contribution in [1.82, 2.24) is 14.3 Å². The maximum atomic E-state index is 11.8. The van der Waals surface area contributed by atoms with Crippen molar-refractivity contribution in [2.75, 3.05) is 5.73 Å². The summed E-state index contributed by atoms with van der Waals surface area (Å²) in [5, 5.41) is -0.0791. The summed E-state index contributed by atoms with van der Waals surface area (Å²) < 4.78 is 27.1. The summed E-state index contributed by atoms with van der Waals surface area (Å²) >= 11 is 0. The molecule has 0 fully saturated rings. The van der Waals surface area contributed by atoms with Crippen LogP contribution in [0.5, 0.6) is 0 Å². The third-order valence-corrected chi connectivity index (χ3v) is 3.42. The lowest BCUT2D eigenvalue weighted by Crippen LogP contribution is -2.33. The minimum atomic E-state index is -3.71. The number of aromatic nitrogens is 2. The van der Waals surface area contributed by atoms with Gasteiger partial charge in [0, 0.05) is 7.05 Å². The van der Waals surface area contributed by atoms with Crippen LogP contribution in [0.25, 0.3) is 0 Å². The van der Waals surface area contributed by atoms with Crippen molar-refractivity contribution in [2.24, 2.45) is 7.05 Å². The van der Waals surface area contributed by atoms with E-state index in [0.29, 0.717) is 0 Å². The molecule has 15 heavy (non-hydrogen) atoms. The lowest BCUT2D eigenvalue weighted by Gasteiger charge is -2.09. The van der Waals surface area contributed by atoms with Gasteiger partial charge in [-0.1, -0.05) is 5.92 Å². The van der Waals surface area contributed by atoms with Gasteiger partial charge in [-0.25, -0.2) is 13.4 Å². The predicted octanol–water partition coefficient (Wildman–Crippen LogP) is -0.698. The van der Waals surface area contributed by atoms with Crippen molar-refractivity contribution >= 4 is 15.8 Å². The first-order chi connectivity index (χ1) is 6.88. The molecule has 0 spiro atoms. The van der Waals surface area contributed by atoms with E-state index in [2.05, 4.69) is 15.6 Å². The Kier molecular flexibility index (Phi) is 3.02. The highest BCUT2D eigenvalue weighted by Gasteiger charge is 2.23. The van der Waals surface area contributed by atoms with Crippen LogP contribution in [-0.4, -0.2) is 24.0 Å². The Bertz CT molecular complexity index is 478. The van der Waals surface area contributed by atoms with Gasteiger partial charge in [-0.15, -0.1) is 6.42 Å². The molecule has 7 heteroatoms. The van der Waals surface area contributed by atoms with Gasteiger partial charge in [0.2, 0.25) is 0 Å². The number of anilines is 1. The van der Waals surface area contributed by atoms with Crippen molar-refractivity contribution in [1.29, 1.82) is 0 Å². The fraction of sp³-hybridized carbons (Fsp3) is 0.375. The largest absolute Gasteiger partial charge is 0.381 e. The number of nitrogen functional groups attached to an aromatic ring is 1. The number of hydrogen-bond donors (Lipinski definition) is 2. The molecule has 1 aromatic rings. The third-order valence-electron chi connectivity index (χ3n) is 1.75. The monoisotopic (exact) mass is 228 g/mol. The minimum absolute atomic E-state index is 0.0470. The maximum Gasteiger partial charge on any atom is 0.261 e. The molecule has 1 rings (SSSR count). The molecular formula is C8H12N4O2S. The molecule has 6 nitrogen and oxygen atoms in total. The van der Waals surface area contributed by atoms with Crippen LogP contribution in [0.15, 0.2) is 11.4 Å². The van der Waals surface area contributed by atoms with Gasteiger partial charge in [0.15, 0.2) is 10.8 Å². The highest BCUT2D eigenvalue weighted by molar-refractivity contribution is 7.89. The Hall–Kier alpha value is -1.52. The molecule has 0 aromatic carbocycles. The van der Waals surface area contributed by atoms with Gasteiger partial charge in [0.1, 0.15) is 0 Å². The third kappa shape index (κ3) is 2.29. The van der Waals surface area contributed by atoms with E-state index in [0.717, 1.165) is 0 Å². The number of rotatable bonds is 3. The minimum Gasteiger partial charge on any atom is -0.381 e. The van der Waals surface area contributed by atoms with Crippen LogP contribution in [0.1, 0.15) is 6.92 Å². The van der Waals surface area contributed by atoms with E-state index in [9.17, 15) is 8.42 Å². The van der Waals surface area contributed by atoms with Gasteiger partial charge >= 0.3 is 0 Å². The lowest BCUT2D eigenvalue weighted by atomic mass is 10.4. The Morgan fingerprint density at radius 1 is 1.73 bits per heavy atom. The Morgan fingerprint density at radius 3 is 2.73 bits per heavy atom. The molecule has 1 unspecified atom stereocenters. The molecule has 0 bridgehead atoms. The van der Waals surface area contributed by atoms with Gasteiger partial charge in [-0.2, -0.15) is 4.72 Å². The van der Waals surface area contributed by atoms with Gasteiger partial charge < -0.3 is 10.3 Å². The number of hydrogen-bond acceptors (Lipinski definition) is 4. The topological polar surface area (TPSA) is 90.0 Å². The number of nitrogens with two attached hydrogens (primary N) is 1. The van der Waals surface area contributed by atoms with Crippen LogP contribution in [-0.2, 0) is 17.1 Å². The number of imidazole rings is 1. The van der Waals surface area contributed by atoms with E-state index in [4.69, 9.17) is 12.2 Å². The van der Waals surface area contributed by atoms with Crippen LogP contribution in [0, 0.1) is 12.3 Å². The number of aryl methyl sites for hydroxylation is 1. The van der Waals surface area contributed by atoms with Crippen LogP contribution >= 0.6 is 0 Å². The highest BCUT2D eigenvalue weighted by atomic mass is 32.2. The predicted molar refractivity (Wildman–Crippen MR) is 56.2 cm³/mol. The van der Waals surface area contributed by atoms with Crippen LogP contribution in [0.4, 0.5) is 5.82 Å². The summed E-state index contributed by atoms with van der Waals surface area (Å²) in [4.78, 5) is 3.69. The van der Waals surface area contributed by atoms with Crippen LogP contribution < -0.4 is 10.5 Å². The normalized spacial score (nSPS) is 13.4. The average molecular weight is 228 g/mol. The summed E-state index contributed by atoms with van der Waals surface area (Å²) in [7, 11) is -2.17. The molecule has 0 radical (unpaired) electrons. The lowest BCUT2D eigenvalue weighted by molar-refractivity contribution is 0.568. The van der Waals surface area contributed by atoms with Crippen LogP contribution in [0.3, 0.4) is 0 Å². The van der Waals surface area contributed by atoms with E-state index in [1.54, 1.807) is 14.0 Å². The van der Waals surface area contributed by atoms with E-state index in [-0.39, 0.29) is 10.8 Å². The van der Waals surface area contributed by atoms with E-state index < -0.39 is 16.1 Å². The number of nitrogens with zero attached hydrogens (tertiary/aromatic N) is 2. The Morgan fingerprint density at radius 2 is 2.33 bits per heavy atom. The number of sulfonamides is 1.